The van der Waals surface area contributed by atoms with Gasteiger partial charge in [0.25, 0.3) is 0 Å². The van der Waals surface area contributed by atoms with E-state index in [1.807, 2.05) is 12.1 Å². The molecule has 4 nitrogen and oxygen atoms in total. The Morgan fingerprint density at radius 2 is 1.71 bits per heavy atom. The van der Waals surface area contributed by atoms with Gasteiger partial charge in [-0.1, -0.05) is 0 Å². The van der Waals surface area contributed by atoms with Crippen LogP contribution in [0.25, 0.3) is 0 Å². The Kier molecular flexibility index (Phi) is 5.48. The Morgan fingerprint density at radius 1 is 1.00 bits per heavy atom. The minimum absolute atomic E-state index is 0.843. The van der Waals surface area contributed by atoms with Crippen molar-refractivity contribution in [1.29, 1.82) is 0 Å². The fourth-order valence-electron chi connectivity index (χ4n) is 2.91. The monoisotopic (exact) mass is 291 g/mol. The smallest absolute Gasteiger partial charge is 0.0792 e. The van der Waals surface area contributed by atoms with Gasteiger partial charge in [-0.15, -0.1) is 0 Å². The van der Waals surface area contributed by atoms with E-state index in [-0.39, 0.29) is 0 Å². The summed E-state index contributed by atoms with van der Waals surface area (Å²) < 4.78 is 1.06. The normalized spacial score (nSPS) is 17.8. The van der Waals surface area contributed by atoms with E-state index in [0.29, 0.717) is 0 Å². The van der Waals surface area contributed by atoms with E-state index < -0.39 is 0 Å². The largest absolute Gasteiger partial charge is 0.399 e. The highest BCUT2D eigenvalue weighted by Gasteiger charge is 2.16. The maximum Gasteiger partial charge on any atom is 0.0792 e. The summed E-state index contributed by atoms with van der Waals surface area (Å²) in [5, 5.41) is 0. The molecule has 1 heterocycles. The molecule has 0 atom stereocenters. The van der Waals surface area contributed by atoms with Gasteiger partial charge in [0.1, 0.15) is 0 Å². The van der Waals surface area contributed by atoms with Crippen molar-refractivity contribution >= 4 is 11.4 Å². The second-order valence-electron chi connectivity index (χ2n) is 7.14. The lowest BCUT2D eigenvalue weighted by Crippen LogP contribution is -2.38. The molecule has 0 aliphatic carbocycles. The Balaban J connectivity index is 1.80. The van der Waals surface area contributed by atoms with Crippen LogP contribution >= 0.6 is 0 Å². The van der Waals surface area contributed by atoms with E-state index in [0.717, 1.165) is 23.3 Å². The van der Waals surface area contributed by atoms with Crippen molar-refractivity contribution in [2.45, 2.75) is 12.8 Å². The molecule has 21 heavy (non-hydrogen) atoms. The molecule has 0 amide bonds. The van der Waals surface area contributed by atoms with E-state index in [4.69, 9.17) is 5.73 Å². The predicted molar refractivity (Wildman–Crippen MR) is 91.6 cm³/mol. The fourth-order valence-corrected chi connectivity index (χ4v) is 2.91. The standard InChI is InChI=1S/C17H31N4/c1-21(2,3)15-5-11-19-10-4-12-20(14-13-19)17-8-6-16(18)7-9-17/h6-9H,4-5,10-15,18H2,1-3H3/q+1. The van der Waals surface area contributed by atoms with Gasteiger partial charge in [0.05, 0.1) is 27.7 Å². The van der Waals surface area contributed by atoms with Crippen LogP contribution in [0.4, 0.5) is 11.4 Å². The third-order valence-electron chi connectivity index (χ3n) is 4.15. The molecule has 1 aliphatic rings. The molecule has 0 unspecified atom stereocenters. The molecule has 1 aromatic carbocycles. The molecule has 1 aliphatic heterocycles. The van der Waals surface area contributed by atoms with Crippen molar-refractivity contribution in [3.63, 3.8) is 0 Å². The number of nitrogen functional groups attached to an aromatic ring is 1. The minimum atomic E-state index is 0.843. The second kappa shape index (κ2) is 7.14. The number of quaternary nitrogens is 1. The lowest BCUT2D eigenvalue weighted by molar-refractivity contribution is -0.870. The summed E-state index contributed by atoms with van der Waals surface area (Å²) in [4.78, 5) is 5.10. The molecule has 0 radical (unpaired) electrons. The second-order valence-corrected chi connectivity index (χ2v) is 7.14. The average molecular weight is 291 g/mol. The first-order valence-corrected chi connectivity index (χ1v) is 8.07. The number of rotatable bonds is 5. The molecular weight excluding hydrogens is 260 g/mol. The minimum Gasteiger partial charge on any atom is -0.399 e. The van der Waals surface area contributed by atoms with E-state index in [1.54, 1.807) is 0 Å². The van der Waals surface area contributed by atoms with Gasteiger partial charge in [0, 0.05) is 44.0 Å². The molecule has 118 valence electrons. The highest BCUT2D eigenvalue weighted by Crippen LogP contribution is 2.18. The molecule has 4 heteroatoms. The maximum atomic E-state index is 5.77. The van der Waals surface area contributed by atoms with E-state index in [2.05, 4.69) is 43.1 Å². The van der Waals surface area contributed by atoms with Crippen LogP contribution in [-0.4, -0.2) is 69.8 Å². The first-order chi connectivity index (χ1) is 9.94. The van der Waals surface area contributed by atoms with Crippen LogP contribution in [0.5, 0.6) is 0 Å². The molecule has 0 saturated carbocycles. The van der Waals surface area contributed by atoms with Gasteiger partial charge < -0.3 is 20.0 Å². The zero-order chi connectivity index (χ0) is 15.3. The van der Waals surface area contributed by atoms with Gasteiger partial charge in [-0.3, -0.25) is 0 Å². The summed E-state index contributed by atoms with van der Waals surface area (Å²) in [5.41, 5.74) is 7.92. The Bertz CT molecular complexity index is 421. The summed E-state index contributed by atoms with van der Waals surface area (Å²) in [5.74, 6) is 0. The molecule has 1 fully saturated rings. The number of anilines is 2. The van der Waals surface area contributed by atoms with Gasteiger partial charge in [-0.2, -0.15) is 0 Å². The van der Waals surface area contributed by atoms with Crippen molar-refractivity contribution in [3.8, 4) is 0 Å². The van der Waals surface area contributed by atoms with Gasteiger partial charge in [0.15, 0.2) is 0 Å². The van der Waals surface area contributed by atoms with Crippen LogP contribution in [0, 0.1) is 0 Å². The van der Waals surface area contributed by atoms with Crippen LogP contribution in [0.3, 0.4) is 0 Å². The van der Waals surface area contributed by atoms with Gasteiger partial charge in [0.2, 0.25) is 0 Å². The molecule has 2 N–H and O–H groups in total. The van der Waals surface area contributed by atoms with Gasteiger partial charge in [-0.05, 0) is 37.2 Å². The predicted octanol–water partition coefficient (Wildman–Crippen LogP) is 1.88. The van der Waals surface area contributed by atoms with Crippen LogP contribution in [-0.2, 0) is 0 Å². The highest BCUT2D eigenvalue weighted by molar-refractivity contribution is 5.53. The summed E-state index contributed by atoms with van der Waals surface area (Å²) in [6, 6.07) is 8.28. The zero-order valence-electron chi connectivity index (χ0n) is 13.9. The van der Waals surface area contributed by atoms with E-state index >= 15 is 0 Å². The van der Waals surface area contributed by atoms with Crippen molar-refractivity contribution in [3.05, 3.63) is 24.3 Å². The fraction of sp³-hybridized carbons (Fsp3) is 0.647. The lowest BCUT2D eigenvalue weighted by atomic mass is 10.2. The topological polar surface area (TPSA) is 32.5 Å². The molecule has 1 saturated heterocycles. The van der Waals surface area contributed by atoms with Crippen LogP contribution in [0.15, 0.2) is 24.3 Å². The first-order valence-electron chi connectivity index (χ1n) is 8.07. The number of hydrogen-bond donors (Lipinski definition) is 1. The summed E-state index contributed by atoms with van der Waals surface area (Å²) in [6.07, 6.45) is 2.53. The molecule has 1 aromatic rings. The molecule has 0 spiro atoms. The summed E-state index contributed by atoms with van der Waals surface area (Å²) >= 11 is 0. The van der Waals surface area contributed by atoms with E-state index in [9.17, 15) is 0 Å². The maximum absolute atomic E-state index is 5.77. The third kappa shape index (κ3) is 5.56. The van der Waals surface area contributed by atoms with Gasteiger partial charge in [-0.25, -0.2) is 0 Å². The first kappa shape index (κ1) is 16.1. The Morgan fingerprint density at radius 3 is 2.38 bits per heavy atom. The number of hydrogen-bond acceptors (Lipinski definition) is 3. The Labute approximate surface area is 129 Å². The molecule has 0 aromatic heterocycles. The summed E-state index contributed by atoms with van der Waals surface area (Å²) in [7, 11) is 6.81. The van der Waals surface area contributed by atoms with Crippen molar-refractivity contribution in [1.82, 2.24) is 4.90 Å². The highest BCUT2D eigenvalue weighted by atomic mass is 15.3. The SMILES string of the molecule is C[N+](C)(C)CCCN1CCCN(c2ccc(N)cc2)CC1. The van der Waals surface area contributed by atoms with E-state index in [1.165, 1.54) is 44.7 Å². The summed E-state index contributed by atoms with van der Waals surface area (Å²) in [6.45, 7) is 7.14. The molecule has 0 bridgehead atoms. The van der Waals surface area contributed by atoms with Crippen molar-refractivity contribution in [2.24, 2.45) is 0 Å². The third-order valence-corrected chi connectivity index (χ3v) is 4.15. The molecular formula is C17H31N4+. The van der Waals surface area contributed by atoms with Crippen LogP contribution in [0.2, 0.25) is 0 Å². The zero-order valence-corrected chi connectivity index (χ0v) is 13.9. The van der Waals surface area contributed by atoms with Crippen molar-refractivity contribution < 1.29 is 4.48 Å². The van der Waals surface area contributed by atoms with Crippen LogP contribution in [0.1, 0.15) is 12.8 Å². The quantitative estimate of drug-likeness (QED) is 0.664. The number of nitrogens with two attached hydrogens (primary N) is 1. The van der Waals surface area contributed by atoms with Crippen molar-refractivity contribution in [2.75, 3.05) is 71.0 Å². The average Bonchev–Trinajstić information content (AvgIpc) is 2.64. The Hall–Kier alpha value is -1.26. The number of benzene rings is 1. The van der Waals surface area contributed by atoms with Gasteiger partial charge >= 0.3 is 0 Å². The van der Waals surface area contributed by atoms with Crippen LogP contribution < -0.4 is 10.6 Å². The molecule has 2 rings (SSSR count). The number of nitrogens with zero attached hydrogens (tertiary/aromatic N) is 3. The lowest BCUT2D eigenvalue weighted by Gasteiger charge is -2.26.